The van der Waals surface area contributed by atoms with Gasteiger partial charge in [0.25, 0.3) is 5.56 Å². The summed E-state index contributed by atoms with van der Waals surface area (Å²) in [6.45, 7) is 4.08. The van der Waals surface area contributed by atoms with E-state index >= 15 is 0 Å². The lowest BCUT2D eigenvalue weighted by Gasteiger charge is -2.09. The lowest BCUT2D eigenvalue weighted by molar-refractivity contribution is 0.101. The molecule has 26 heavy (non-hydrogen) atoms. The number of carbonyl (C=O) groups excluding carboxylic acids is 1. The molecule has 3 aromatic heterocycles. The SMILES string of the molecule is CC(=O)c1nc(Cn2c(=O)c3c(ncn3CC3CC3)n(C)c2=O)c(C)s1. The smallest absolute Gasteiger partial charge is 0.324 e. The number of hydrogen-bond donors (Lipinski definition) is 0. The van der Waals surface area contributed by atoms with Gasteiger partial charge in [0, 0.05) is 25.4 Å². The highest BCUT2D eigenvalue weighted by molar-refractivity contribution is 7.13. The van der Waals surface area contributed by atoms with Crippen LogP contribution < -0.4 is 11.2 Å². The number of carbonyl (C=O) groups is 1. The van der Waals surface area contributed by atoms with E-state index in [9.17, 15) is 14.4 Å². The second-order valence-corrected chi connectivity index (χ2v) is 8.03. The van der Waals surface area contributed by atoms with Gasteiger partial charge in [-0.3, -0.25) is 18.7 Å². The zero-order valence-corrected chi connectivity index (χ0v) is 15.7. The van der Waals surface area contributed by atoms with Crippen molar-refractivity contribution in [1.82, 2.24) is 23.7 Å². The van der Waals surface area contributed by atoms with E-state index in [1.165, 1.54) is 27.4 Å². The molecule has 3 aromatic rings. The maximum absolute atomic E-state index is 13.0. The Morgan fingerprint density at radius 2 is 2.08 bits per heavy atom. The Balaban J connectivity index is 1.85. The van der Waals surface area contributed by atoms with Crippen LogP contribution in [0.5, 0.6) is 0 Å². The first-order valence-corrected chi connectivity index (χ1v) is 9.30. The molecule has 0 aliphatic heterocycles. The maximum atomic E-state index is 13.0. The van der Waals surface area contributed by atoms with Crippen LogP contribution in [0.2, 0.25) is 0 Å². The average molecular weight is 373 g/mol. The molecule has 0 amide bonds. The molecule has 0 radical (unpaired) electrons. The van der Waals surface area contributed by atoms with Gasteiger partial charge in [0.05, 0.1) is 18.6 Å². The Kier molecular flexibility index (Phi) is 3.91. The highest BCUT2D eigenvalue weighted by atomic mass is 32.1. The molecular weight excluding hydrogens is 354 g/mol. The first-order valence-electron chi connectivity index (χ1n) is 8.48. The van der Waals surface area contributed by atoms with Gasteiger partial charge in [-0.2, -0.15) is 0 Å². The van der Waals surface area contributed by atoms with E-state index < -0.39 is 5.69 Å². The minimum atomic E-state index is -0.434. The van der Waals surface area contributed by atoms with Gasteiger partial charge in [-0.25, -0.2) is 14.8 Å². The highest BCUT2D eigenvalue weighted by Crippen LogP contribution is 2.31. The Labute approximate surface area is 152 Å². The van der Waals surface area contributed by atoms with Crippen LogP contribution in [0.15, 0.2) is 15.9 Å². The number of nitrogens with zero attached hydrogens (tertiary/aromatic N) is 5. The number of rotatable bonds is 5. The molecule has 0 spiro atoms. The van der Waals surface area contributed by atoms with Gasteiger partial charge in [0.15, 0.2) is 22.0 Å². The molecule has 8 nitrogen and oxygen atoms in total. The molecule has 1 aliphatic carbocycles. The lowest BCUT2D eigenvalue weighted by atomic mass is 10.3. The Bertz CT molecular complexity index is 1150. The largest absolute Gasteiger partial charge is 0.332 e. The van der Waals surface area contributed by atoms with Gasteiger partial charge in [-0.1, -0.05) is 0 Å². The van der Waals surface area contributed by atoms with E-state index in [4.69, 9.17) is 0 Å². The van der Waals surface area contributed by atoms with Gasteiger partial charge in [-0.05, 0) is 25.7 Å². The third-order valence-electron chi connectivity index (χ3n) is 4.76. The fourth-order valence-electron chi connectivity index (χ4n) is 3.05. The number of imidazole rings is 1. The number of hydrogen-bond acceptors (Lipinski definition) is 6. The fraction of sp³-hybridized carbons (Fsp3) is 0.471. The third kappa shape index (κ3) is 2.72. The summed E-state index contributed by atoms with van der Waals surface area (Å²) in [5.74, 6) is 0.457. The molecule has 0 atom stereocenters. The van der Waals surface area contributed by atoms with Crippen molar-refractivity contribution >= 4 is 28.3 Å². The molecule has 1 fully saturated rings. The molecular formula is C17H19N5O3S. The number of ketones is 1. The zero-order chi connectivity index (χ0) is 18.6. The number of aryl methyl sites for hydroxylation is 2. The Hall–Kier alpha value is -2.55. The number of Topliss-reactive ketones (excluding diaryl/α,β-unsaturated/α-hetero) is 1. The summed E-state index contributed by atoms with van der Waals surface area (Å²) < 4.78 is 4.42. The number of thiazole rings is 1. The van der Waals surface area contributed by atoms with E-state index in [0.29, 0.717) is 27.8 Å². The van der Waals surface area contributed by atoms with Gasteiger partial charge in [0.1, 0.15) is 0 Å². The minimum Gasteiger partial charge on any atom is -0.324 e. The second kappa shape index (κ2) is 6.01. The summed E-state index contributed by atoms with van der Waals surface area (Å²) in [5.41, 5.74) is 0.621. The van der Waals surface area contributed by atoms with Gasteiger partial charge in [-0.15, -0.1) is 11.3 Å². The van der Waals surface area contributed by atoms with Gasteiger partial charge < -0.3 is 4.57 Å². The summed E-state index contributed by atoms with van der Waals surface area (Å²) in [7, 11) is 1.62. The number of fused-ring (bicyclic) bond motifs is 1. The van der Waals surface area contributed by atoms with Crippen molar-refractivity contribution in [1.29, 1.82) is 0 Å². The number of aromatic nitrogens is 5. The third-order valence-corrected chi connectivity index (χ3v) is 5.87. The van der Waals surface area contributed by atoms with Crippen LogP contribution in [0.25, 0.3) is 11.2 Å². The average Bonchev–Trinajstić information content (AvgIpc) is 3.18. The molecule has 136 valence electrons. The molecule has 0 bridgehead atoms. The van der Waals surface area contributed by atoms with Gasteiger partial charge in [0.2, 0.25) is 0 Å². The quantitative estimate of drug-likeness (QED) is 0.629. The van der Waals surface area contributed by atoms with Crippen LogP contribution in [0, 0.1) is 12.8 Å². The van der Waals surface area contributed by atoms with Crippen molar-refractivity contribution < 1.29 is 4.79 Å². The molecule has 0 unspecified atom stereocenters. The van der Waals surface area contributed by atoms with E-state index in [1.54, 1.807) is 13.4 Å². The van der Waals surface area contributed by atoms with Crippen molar-refractivity contribution in [2.24, 2.45) is 13.0 Å². The predicted octanol–water partition coefficient (Wildman–Crippen LogP) is 1.32. The van der Waals surface area contributed by atoms with Crippen molar-refractivity contribution in [2.75, 3.05) is 0 Å². The molecule has 3 heterocycles. The molecule has 1 saturated carbocycles. The summed E-state index contributed by atoms with van der Waals surface area (Å²) in [6.07, 6.45) is 3.95. The molecule has 4 rings (SSSR count). The van der Waals surface area contributed by atoms with Crippen molar-refractivity contribution in [3.63, 3.8) is 0 Å². The normalized spacial score (nSPS) is 14.3. The van der Waals surface area contributed by atoms with Gasteiger partial charge >= 0.3 is 5.69 Å². The van der Waals surface area contributed by atoms with E-state index in [-0.39, 0.29) is 17.9 Å². The first kappa shape index (κ1) is 16.9. The maximum Gasteiger partial charge on any atom is 0.332 e. The predicted molar refractivity (Wildman–Crippen MR) is 97.9 cm³/mol. The molecule has 0 aromatic carbocycles. The van der Waals surface area contributed by atoms with Crippen molar-refractivity contribution in [3.8, 4) is 0 Å². The summed E-state index contributed by atoms with van der Waals surface area (Å²) in [5, 5.41) is 0.391. The fourth-order valence-corrected chi connectivity index (χ4v) is 3.87. The van der Waals surface area contributed by atoms with Crippen LogP contribution >= 0.6 is 11.3 Å². The Morgan fingerprint density at radius 1 is 1.35 bits per heavy atom. The van der Waals surface area contributed by atoms with Crippen molar-refractivity contribution in [3.05, 3.63) is 42.7 Å². The van der Waals surface area contributed by atoms with E-state index in [1.807, 2.05) is 11.5 Å². The minimum absolute atomic E-state index is 0.0473. The van der Waals surface area contributed by atoms with E-state index in [0.717, 1.165) is 24.3 Å². The molecule has 1 aliphatic rings. The first-order chi connectivity index (χ1) is 12.4. The standard InChI is InChI=1S/C17H19N5O3S/c1-9(23)15-19-12(10(2)26-15)7-22-16(24)13-14(20(3)17(22)25)18-8-21(13)6-11-4-5-11/h8,11H,4-7H2,1-3H3. The topological polar surface area (TPSA) is 91.8 Å². The highest BCUT2D eigenvalue weighted by Gasteiger charge is 2.25. The monoisotopic (exact) mass is 373 g/mol. The van der Waals surface area contributed by atoms with Crippen LogP contribution in [-0.4, -0.2) is 29.5 Å². The van der Waals surface area contributed by atoms with Crippen LogP contribution in [0.3, 0.4) is 0 Å². The van der Waals surface area contributed by atoms with Crippen LogP contribution in [0.1, 0.15) is 40.1 Å². The zero-order valence-electron chi connectivity index (χ0n) is 14.9. The molecule has 0 saturated heterocycles. The summed E-state index contributed by atoms with van der Waals surface area (Å²) in [6, 6.07) is 0. The van der Waals surface area contributed by atoms with Crippen LogP contribution in [0.4, 0.5) is 0 Å². The molecule has 0 N–H and O–H groups in total. The summed E-state index contributed by atoms with van der Waals surface area (Å²) in [4.78, 5) is 46.7. The van der Waals surface area contributed by atoms with Crippen molar-refractivity contribution in [2.45, 2.75) is 39.8 Å². The van der Waals surface area contributed by atoms with E-state index in [2.05, 4.69) is 9.97 Å². The second-order valence-electron chi connectivity index (χ2n) is 6.82. The van der Waals surface area contributed by atoms with Crippen LogP contribution in [-0.2, 0) is 20.1 Å². The Morgan fingerprint density at radius 3 is 2.69 bits per heavy atom. The molecule has 9 heteroatoms. The lowest BCUT2D eigenvalue weighted by Crippen LogP contribution is -2.40. The summed E-state index contributed by atoms with van der Waals surface area (Å²) >= 11 is 1.28.